The van der Waals surface area contributed by atoms with Crippen LogP contribution in [0.4, 0.5) is 0 Å². The molecule has 0 radical (unpaired) electrons. The molecule has 6 nitrogen and oxygen atoms in total. The van der Waals surface area contributed by atoms with Gasteiger partial charge in [-0.15, -0.1) is 0 Å². The third-order valence-electron chi connectivity index (χ3n) is 5.63. The number of likely N-dealkylation sites (N-methyl/N-ethyl adjacent to an activating group) is 1. The summed E-state index contributed by atoms with van der Waals surface area (Å²) in [4.78, 5) is 16.6. The smallest absolute Gasteiger partial charge is 0.242 e. The fraction of sp³-hybridized carbons (Fsp3) is 0.632. The van der Waals surface area contributed by atoms with Gasteiger partial charge in [0.15, 0.2) is 0 Å². The zero-order valence-electron chi connectivity index (χ0n) is 15.1. The minimum absolute atomic E-state index is 0.00407. The lowest BCUT2D eigenvalue weighted by Crippen LogP contribution is -2.53. The van der Waals surface area contributed by atoms with Gasteiger partial charge in [-0.05, 0) is 37.6 Å². The first-order chi connectivity index (χ1) is 11.9. The van der Waals surface area contributed by atoms with E-state index in [2.05, 4.69) is 4.90 Å². The van der Waals surface area contributed by atoms with Gasteiger partial charge in [-0.25, -0.2) is 0 Å². The number of benzene rings is 1. The van der Waals surface area contributed by atoms with Crippen LogP contribution in [0, 0.1) is 0 Å². The predicted molar refractivity (Wildman–Crippen MR) is 96.2 cm³/mol. The quantitative estimate of drug-likeness (QED) is 0.830. The van der Waals surface area contributed by atoms with Gasteiger partial charge in [0.2, 0.25) is 5.91 Å². The van der Waals surface area contributed by atoms with Gasteiger partial charge >= 0.3 is 0 Å². The van der Waals surface area contributed by atoms with Crippen LogP contribution in [0.15, 0.2) is 24.3 Å². The van der Waals surface area contributed by atoms with Crippen molar-refractivity contribution in [3.05, 3.63) is 29.8 Å². The molecule has 0 spiro atoms. The fourth-order valence-electron chi connectivity index (χ4n) is 4.04. The van der Waals surface area contributed by atoms with E-state index in [9.17, 15) is 9.90 Å². The number of hydrogen-bond donors (Lipinski definition) is 2. The zero-order valence-corrected chi connectivity index (χ0v) is 15.1. The number of methoxy groups -OCH3 is 1. The Hall–Kier alpha value is -1.63. The van der Waals surface area contributed by atoms with Gasteiger partial charge in [-0.2, -0.15) is 0 Å². The lowest BCUT2D eigenvalue weighted by atomic mass is 9.97. The predicted octanol–water partition coefficient (Wildman–Crippen LogP) is 0.970. The SMILES string of the molecule is COc1ccc(CN(C)[C@@H]2CN(C(=O)C3(N)CCCC3)C[C@H]2O)cc1. The van der Waals surface area contributed by atoms with E-state index in [4.69, 9.17) is 10.5 Å². The van der Waals surface area contributed by atoms with Crippen molar-refractivity contribution >= 4 is 5.91 Å². The lowest BCUT2D eigenvalue weighted by molar-refractivity contribution is -0.136. The van der Waals surface area contributed by atoms with E-state index in [0.717, 1.165) is 37.0 Å². The second-order valence-corrected chi connectivity index (χ2v) is 7.47. The van der Waals surface area contributed by atoms with Crippen molar-refractivity contribution in [2.45, 2.75) is 49.9 Å². The molecular weight excluding hydrogens is 318 g/mol. The largest absolute Gasteiger partial charge is 0.497 e. The van der Waals surface area contributed by atoms with Crippen molar-refractivity contribution in [1.29, 1.82) is 0 Å². The highest BCUT2D eigenvalue weighted by Gasteiger charge is 2.44. The summed E-state index contributed by atoms with van der Waals surface area (Å²) < 4.78 is 5.18. The third kappa shape index (κ3) is 3.81. The number of amides is 1. The molecule has 0 aromatic heterocycles. The molecule has 1 amide bonds. The molecule has 2 fully saturated rings. The Morgan fingerprint density at radius 3 is 2.56 bits per heavy atom. The van der Waals surface area contributed by atoms with Gasteiger partial charge in [-0.3, -0.25) is 9.69 Å². The first-order valence-electron chi connectivity index (χ1n) is 9.02. The van der Waals surface area contributed by atoms with Gasteiger partial charge in [0.25, 0.3) is 0 Å². The van der Waals surface area contributed by atoms with Crippen LogP contribution < -0.4 is 10.5 Å². The van der Waals surface area contributed by atoms with Crippen molar-refractivity contribution in [1.82, 2.24) is 9.80 Å². The summed E-state index contributed by atoms with van der Waals surface area (Å²) in [6.45, 7) is 1.61. The summed E-state index contributed by atoms with van der Waals surface area (Å²) in [7, 11) is 3.63. The van der Waals surface area contributed by atoms with E-state index in [0.29, 0.717) is 19.6 Å². The summed E-state index contributed by atoms with van der Waals surface area (Å²) in [5.41, 5.74) is 6.73. The van der Waals surface area contributed by atoms with Crippen LogP contribution in [-0.2, 0) is 11.3 Å². The van der Waals surface area contributed by atoms with Crippen molar-refractivity contribution in [2.75, 3.05) is 27.2 Å². The van der Waals surface area contributed by atoms with Gasteiger partial charge in [-0.1, -0.05) is 25.0 Å². The number of likely N-dealkylation sites (tertiary alicyclic amines) is 1. The molecule has 0 bridgehead atoms. The number of nitrogens with two attached hydrogens (primary N) is 1. The first-order valence-corrected chi connectivity index (χ1v) is 9.02. The standard InChI is InChI=1S/C19H29N3O3/c1-21(11-14-5-7-15(25-2)8-6-14)16-12-22(13-17(16)23)18(24)19(20)9-3-4-10-19/h5-8,16-17,23H,3-4,9-13,20H2,1-2H3/t16-,17-/m1/s1. The van der Waals surface area contributed by atoms with Gasteiger partial charge in [0, 0.05) is 19.6 Å². The molecule has 1 aromatic rings. The van der Waals surface area contributed by atoms with Crippen LogP contribution in [0.1, 0.15) is 31.2 Å². The van der Waals surface area contributed by atoms with Crippen LogP contribution in [0.3, 0.4) is 0 Å². The molecule has 3 N–H and O–H groups in total. The fourth-order valence-corrected chi connectivity index (χ4v) is 4.04. The van der Waals surface area contributed by atoms with Crippen LogP contribution in [-0.4, -0.2) is 65.7 Å². The van der Waals surface area contributed by atoms with E-state index in [-0.39, 0.29) is 11.9 Å². The Labute approximate surface area is 149 Å². The highest BCUT2D eigenvalue weighted by molar-refractivity contribution is 5.86. The molecule has 1 aliphatic heterocycles. The Kier molecular flexibility index (Phi) is 5.32. The zero-order chi connectivity index (χ0) is 18.0. The molecule has 1 aliphatic carbocycles. The number of β-amino-alcohol motifs (C(OH)–C–C–N with tert-alkyl or cyclic N) is 1. The summed E-state index contributed by atoms with van der Waals surface area (Å²) in [6, 6.07) is 7.83. The molecule has 138 valence electrons. The van der Waals surface area contributed by atoms with E-state index in [1.807, 2.05) is 31.3 Å². The monoisotopic (exact) mass is 347 g/mol. The molecule has 0 unspecified atom stereocenters. The van der Waals surface area contributed by atoms with Crippen molar-refractivity contribution in [2.24, 2.45) is 5.73 Å². The van der Waals surface area contributed by atoms with Crippen LogP contribution in [0.25, 0.3) is 0 Å². The summed E-state index contributed by atoms with van der Waals surface area (Å²) in [5, 5.41) is 10.5. The molecule has 25 heavy (non-hydrogen) atoms. The number of carbonyl (C=O) groups is 1. The number of carbonyl (C=O) groups excluding carboxylic acids is 1. The highest BCUT2D eigenvalue weighted by atomic mass is 16.5. The molecule has 2 aliphatic rings. The van der Waals surface area contributed by atoms with Crippen molar-refractivity contribution in [3.8, 4) is 5.75 Å². The van der Waals surface area contributed by atoms with E-state index < -0.39 is 11.6 Å². The number of aliphatic hydroxyl groups is 1. The summed E-state index contributed by atoms with van der Waals surface area (Å²) >= 11 is 0. The maximum absolute atomic E-state index is 12.8. The Morgan fingerprint density at radius 1 is 1.32 bits per heavy atom. The molecule has 1 saturated heterocycles. The maximum atomic E-state index is 12.8. The number of nitrogens with zero attached hydrogens (tertiary/aromatic N) is 2. The van der Waals surface area contributed by atoms with E-state index in [1.165, 1.54) is 0 Å². The number of aliphatic hydroxyl groups excluding tert-OH is 1. The highest BCUT2D eigenvalue weighted by Crippen LogP contribution is 2.31. The third-order valence-corrected chi connectivity index (χ3v) is 5.63. The molecule has 1 aromatic carbocycles. The minimum atomic E-state index is -0.719. The molecule has 1 saturated carbocycles. The second kappa shape index (κ2) is 7.32. The minimum Gasteiger partial charge on any atom is -0.497 e. The average Bonchev–Trinajstić information content (AvgIpc) is 3.22. The van der Waals surface area contributed by atoms with Gasteiger partial charge in [0.05, 0.1) is 24.8 Å². The maximum Gasteiger partial charge on any atom is 0.242 e. The van der Waals surface area contributed by atoms with Crippen molar-refractivity contribution in [3.63, 3.8) is 0 Å². The average molecular weight is 347 g/mol. The number of rotatable bonds is 5. The van der Waals surface area contributed by atoms with Gasteiger partial charge in [0.1, 0.15) is 5.75 Å². The molecule has 6 heteroatoms. The lowest BCUT2D eigenvalue weighted by Gasteiger charge is -2.29. The second-order valence-electron chi connectivity index (χ2n) is 7.47. The van der Waals surface area contributed by atoms with E-state index in [1.54, 1.807) is 12.0 Å². The molecular formula is C19H29N3O3. The van der Waals surface area contributed by atoms with E-state index >= 15 is 0 Å². The topological polar surface area (TPSA) is 79.0 Å². The first kappa shape index (κ1) is 18.2. The van der Waals surface area contributed by atoms with Crippen LogP contribution >= 0.6 is 0 Å². The number of hydrogen-bond acceptors (Lipinski definition) is 5. The Morgan fingerprint density at radius 2 is 1.96 bits per heavy atom. The molecule has 2 atom stereocenters. The summed E-state index contributed by atoms with van der Waals surface area (Å²) in [6.07, 6.45) is 2.99. The Balaban J connectivity index is 1.61. The summed E-state index contributed by atoms with van der Waals surface area (Å²) in [5.74, 6) is 0.832. The van der Waals surface area contributed by atoms with Gasteiger partial charge < -0.3 is 20.5 Å². The molecule has 3 rings (SSSR count). The van der Waals surface area contributed by atoms with Crippen molar-refractivity contribution < 1.29 is 14.6 Å². The molecule has 1 heterocycles. The van der Waals surface area contributed by atoms with Crippen LogP contribution in [0.5, 0.6) is 5.75 Å². The normalized spacial score (nSPS) is 25.6. The number of ether oxygens (including phenoxy) is 1. The van der Waals surface area contributed by atoms with Crippen LogP contribution in [0.2, 0.25) is 0 Å². The Bertz CT molecular complexity index is 598.